The average Bonchev–Trinajstić information content (AvgIpc) is 3.31. The first kappa shape index (κ1) is 27.3. The van der Waals surface area contributed by atoms with Crippen molar-refractivity contribution in [1.82, 2.24) is 14.8 Å². The SMILES string of the molecule is COc1ccc(Br)cc1[C@H]1C(C(=O)Nc2ccc(C)cc2C)=C(C)Nc2nc(SCc3ccc(Cl)cc3)nn21. The number of fused-ring (bicyclic) bond motifs is 1. The number of methoxy groups -OCH3 is 1. The van der Waals surface area contributed by atoms with Crippen LogP contribution in [0.25, 0.3) is 0 Å². The zero-order valence-corrected chi connectivity index (χ0v) is 25.0. The largest absolute Gasteiger partial charge is 0.496 e. The molecule has 0 spiro atoms. The Bertz CT molecular complexity index is 1590. The number of thioether (sulfide) groups is 1. The van der Waals surface area contributed by atoms with Crippen LogP contribution >= 0.6 is 39.3 Å². The maximum atomic E-state index is 13.9. The summed E-state index contributed by atoms with van der Waals surface area (Å²) in [6, 6.07) is 18.8. The van der Waals surface area contributed by atoms with Crippen molar-refractivity contribution in [3.8, 4) is 5.75 Å². The molecule has 0 unspecified atom stereocenters. The number of carbonyl (C=O) groups excluding carboxylic acids is 1. The molecular weight excluding hydrogens is 598 g/mol. The van der Waals surface area contributed by atoms with Gasteiger partial charge in [0.1, 0.15) is 11.8 Å². The van der Waals surface area contributed by atoms with Gasteiger partial charge in [-0.05, 0) is 68.3 Å². The molecule has 3 aromatic carbocycles. The lowest BCUT2D eigenvalue weighted by Crippen LogP contribution is -2.32. The second-order valence-electron chi connectivity index (χ2n) is 9.30. The van der Waals surface area contributed by atoms with Crippen molar-refractivity contribution in [2.75, 3.05) is 17.7 Å². The van der Waals surface area contributed by atoms with Crippen LogP contribution < -0.4 is 15.4 Å². The third-order valence-corrected chi connectivity index (χ3v) is 8.13. The number of nitrogens with one attached hydrogen (secondary N) is 2. The van der Waals surface area contributed by atoms with Gasteiger partial charge in [0.05, 0.1) is 12.7 Å². The van der Waals surface area contributed by atoms with E-state index in [1.165, 1.54) is 11.8 Å². The summed E-state index contributed by atoms with van der Waals surface area (Å²) >= 11 is 11.1. The van der Waals surface area contributed by atoms with Crippen molar-refractivity contribution >= 4 is 56.8 Å². The van der Waals surface area contributed by atoms with Crippen LogP contribution in [0.5, 0.6) is 5.75 Å². The summed E-state index contributed by atoms with van der Waals surface area (Å²) in [5.41, 5.74) is 6.00. The van der Waals surface area contributed by atoms with Crippen molar-refractivity contribution < 1.29 is 9.53 Å². The lowest BCUT2D eigenvalue weighted by atomic mass is 9.94. The Balaban J connectivity index is 1.54. The van der Waals surface area contributed by atoms with E-state index >= 15 is 0 Å². The quantitative estimate of drug-likeness (QED) is 0.207. The number of anilines is 2. The Kier molecular flexibility index (Phi) is 8.02. The summed E-state index contributed by atoms with van der Waals surface area (Å²) < 4.78 is 8.36. The Morgan fingerprint density at radius 1 is 1.13 bits per heavy atom. The molecule has 0 aliphatic carbocycles. The third kappa shape index (κ3) is 5.85. The van der Waals surface area contributed by atoms with E-state index in [-0.39, 0.29) is 5.91 Å². The van der Waals surface area contributed by atoms with E-state index in [0.717, 1.165) is 32.4 Å². The molecule has 1 aliphatic rings. The first-order valence-electron chi connectivity index (χ1n) is 12.3. The van der Waals surface area contributed by atoms with Gasteiger partial charge in [0.25, 0.3) is 5.91 Å². The second-order valence-corrected chi connectivity index (χ2v) is 11.6. The fourth-order valence-corrected chi connectivity index (χ4v) is 5.85. The number of benzene rings is 3. The van der Waals surface area contributed by atoms with Crippen LogP contribution in [0, 0.1) is 13.8 Å². The molecule has 1 aliphatic heterocycles. The predicted octanol–water partition coefficient (Wildman–Crippen LogP) is 7.54. The van der Waals surface area contributed by atoms with E-state index in [0.29, 0.717) is 38.9 Å². The molecular formula is C29H27BrClN5O2S. The standard InChI is InChI=1S/C29H27BrClN5O2S/c1-16-5-11-23(17(2)13-16)33-27(37)25-18(3)32-28-34-29(39-15-19-6-9-21(31)10-7-19)35-36(28)26(25)22-14-20(30)8-12-24(22)38-4/h5-14,26H,15H2,1-4H3,(H,33,37)(H,32,34,35)/t26-/m0/s1. The molecule has 2 heterocycles. The Morgan fingerprint density at radius 3 is 2.62 bits per heavy atom. The molecule has 39 heavy (non-hydrogen) atoms. The van der Waals surface area contributed by atoms with Gasteiger partial charge in [-0.25, -0.2) is 4.68 Å². The van der Waals surface area contributed by atoms with Gasteiger partial charge in [0, 0.05) is 32.2 Å². The molecule has 0 radical (unpaired) electrons. The first-order chi connectivity index (χ1) is 18.7. The zero-order valence-electron chi connectivity index (χ0n) is 21.9. The summed E-state index contributed by atoms with van der Waals surface area (Å²) in [4.78, 5) is 18.6. The highest BCUT2D eigenvalue weighted by Gasteiger charge is 2.36. The van der Waals surface area contributed by atoms with Crippen LogP contribution in [-0.2, 0) is 10.5 Å². The van der Waals surface area contributed by atoms with Gasteiger partial charge in [0.2, 0.25) is 11.1 Å². The summed E-state index contributed by atoms with van der Waals surface area (Å²) in [6.45, 7) is 5.89. The van der Waals surface area contributed by atoms with E-state index in [1.54, 1.807) is 11.8 Å². The number of allylic oxidation sites excluding steroid dienone is 1. The van der Waals surface area contributed by atoms with Crippen molar-refractivity contribution in [2.45, 2.75) is 37.7 Å². The highest BCUT2D eigenvalue weighted by atomic mass is 79.9. The van der Waals surface area contributed by atoms with Gasteiger partial charge in [-0.2, -0.15) is 4.98 Å². The molecule has 0 fully saturated rings. The monoisotopic (exact) mass is 623 g/mol. The van der Waals surface area contributed by atoms with Crippen LogP contribution in [0.2, 0.25) is 5.02 Å². The molecule has 7 nitrogen and oxygen atoms in total. The lowest BCUT2D eigenvalue weighted by molar-refractivity contribution is -0.113. The normalized spacial score (nSPS) is 14.6. The van der Waals surface area contributed by atoms with E-state index in [4.69, 9.17) is 26.4 Å². The minimum absolute atomic E-state index is 0.226. The number of nitrogens with zero attached hydrogens (tertiary/aromatic N) is 3. The minimum atomic E-state index is -0.572. The van der Waals surface area contributed by atoms with Crippen LogP contribution in [0.3, 0.4) is 0 Å². The molecule has 1 aromatic heterocycles. The summed E-state index contributed by atoms with van der Waals surface area (Å²) in [5, 5.41) is 12.5. The van der Waals surface area contributed by atoms with Crippen molar-refractivity contribution in [2.24, 2.45) is 0 Å². The van der Waals surface area contributed by atoms with Gasteiger partial charge in [-0.3, -0.25) is 4.79 Å². The van der Waals surface area contributed by atoms with Crippen molar-refractivity contribution in [1.29, 1.82) is 0 Å². The highest BCUT2D eigenvalue weighted by molar-refractivity contribution is 9.10. The fourth-order valence-electron chi connectivity index (χ4n) is 4.57. The fraction of sp³-hybridized carbons (Fsp3) is 0.207. The van der Waals surface area contributed by atoms with Crippen LogP contribution in [0.1, 0.15) is 35.2 Å². The van der Waals surface area contributed by atoms with Gasteiger partial charge in [0.15, 0.2) is 0 Å². The van der Waals surface area contributed by atoms with Crippen LogP contribution in [0.15, 0.2) is 81.6 Å². The van der Waals surface area contributed by atoms with E-state index in [9.17, 15) is 4.79 Å². The molecule has 0 saturated carbocycles. The molecule has 200 valence electrons. The maximum absolute atomic E-state index is 13.9. The number of rotatable bonds is 7. The molecule has 4 aromatic rings. The Labute approximate surface area is 245 Å². The second kappa shape index (κ2) is 11.5. The molecule has 5 rings (SSSR count). The highest BCUT2D eigenvalue weighted by Crippen LogP contribution is 2.41. The maximum Gasteiger partial charge on any atom is 0.255 e. The number of amides is 1. The summed E-state index contributed by atoms with van der Waals surface area (Å²) in [7, 11) is 1.62. The van der Waals surface area contributed by atoms with Crippen LogP contribution in [0.4, 0.5) is 11.6 Å². The molecule has 0 saturated heterocycles. The number of ether oxygens (including phenoxy) is 1. The minimum Gasteiger partial charge on any atom is -0.496 e. The molecule has 0 bridgehead atoms. The van der Waals surface area contributed by atoms with Crippen molar-refractivity contribution in [3.63, 3.8) is 0 Å². The predicted molar refractivity (Wildman–Crippen MR) is 161 cm³/mol. The van der Waals surface area contributed by atoms with E-state index in [1.807, 2.05) is 81.4 Å². The van der Waals surface area contributed by atoms with Gasteiger partial charge >= 0.3 is 0 Å². The Hall–Kier alpha value is -3.27. The van der Waals surface area contributed by atoms with Crippen molar-refractivity contribution in [3.05, 3.63) is 104 Å². The number of halogens is 2. The Morgan fingerprint density at radius 2 is 1.90 bits per heavy atom. The number of aromatic nitrogens is 3. The smallest absolute Gasteiger partial charge is 0.255 e. The number of aryl methyl sites for hydroxylation is 2. The molecule has 2 N–H and O–H groups in total. The van der Waals surface area contributed by atoms with Gasteiger partial charge < -0.3 is 15.4 Å². The number of hydrogen-bond acceptors (Lipinski definition) is 6. The molecule has 1 atom stereocenters. The zero-order chi connectivity index (χ0) is 27.7. The third-order valence-electron chi connectivity index (χ3n) is 6.48. The molecule has 10 heteroatoms. The van der Waals surface area contributed by atoms with E-state index < -0.39 is 6.04 Å². The number of carbonyl (C=O) groups is 1. The van der Waals surface area contributed by atoms with Gasteiger partial charge in [-0.15, -0.1) is 5.10 Å². The average molecular weight is 625 g/mol. The lowest BCUT2D eigenvalue weighted by Gasteiger charge is -2.29. The van der Waals surface area contributed by atoms with E-state index in [2.05, 4.69) is 26.6 Å². The van der Waals surface area contributed by atoms with Crippen LogP contribution in [-0.4, -0.2) is 27.8 Å². The summed E-state index contributed by atoms with van der Waals surface area (Å²) in [5.74, 6) is 1.65. The molecule has 1 amide bonds. The summed E-state index contributed by atoms with van der Waals surface area (Å²) in [6.07, 6.45) is 0. The topological polar surface area (TPSA) is 81.1 Å². The number of hydrogen-bond donors (Lipinski definition) is 2. The van der Waals surface area contributed by atoms with Gasteiger partial charge in [-0.1, -0.05) is 69.1 Å². The first-order valence-corrected chi connectivity index (χ1v) is 14.4.